The molecule has 1 unspecified atom stereocenters. The Labute approximate surface area is 141 Å². The molecule has 2 aromatic rings. The van der Waals surface area contributed by atoms with Crippen molar-refractivity contribution in [2.45, 2.75) is 19.4 Å². The van der Waals surface area contributed by atoms with Crippen molar-refractivity contribution >= 4 is 27.2 Å². The lowest BCUT2D eigenvalue weighted by molar-refractivity contribution is 0.102. The fourth-order valence-corrected chi connectivity index (χ4v) is 2.74. The van der Waals surface area contributed by atoms with Crippen molar-refractivity contribution in [1.29, 1.82) is 0 Å². The minimum Gasteiger partial charge on any atom is -0.366 e. The smallest absolute Gasteiger partial charge is 0.276 e. The molecule has 7 nitrogen and oxygen atoms in total. The Kier molecular flexibility index (Phi) is 5.86. The van der Waals surface area contributed by atoms with E-state index in [1.54, 1.807) is 24.3 Å². The number of para-hydroxylation sites is 1. The van der Waals surface area contributed by atoms with E-state index in [-0.39, 0.29) is 23.4 Å². The molecule has 0 radical (unpaired) electrons. The van der Waals surface area contributed by atoms with Crippen molar-refractivity contribution in [1.82, 2.24) is 10.2 Å². The molecule has 0 saturated heterocycles. The van der Waals surface area contributed by atoms with Gasteiger partial charge in [0.1, 0.15) is 15.7 Å². The fraction of sp³-hybridized carbons (Fsp3) is 0.312. The van der Waals surface area contributed by atoms with E-state index < -0.39 is 9.84 Å². The van der Waals surface area contributed by atoms with Crippen molar-refractivity contribution in [2.24, 2.45) is 0 Å². The number of carbonyl (C=O) groups is 1. The van der Waals surface area contributed by atoms with Gasteiger partial charge in [-0.2, -0.15) is 0 Å². The summed E-state index contributed by atoms with van der Waals surface area (Å²) < 4.78 is 22.3. The maximum absolute atomic E-state index is 12.1. The molecule has 8 heteroatoms. The van der Waals surface area contributed by atoms with E-state index in [0.717, 1.165) is 0 Å². The van der Waals surface area contributed by atoms with Crippen LogP contribution in [0.3, 0.4) is 0 Å². The number of benzene rings is 1. The van der Waals surface area contributed by atoms with Crippen LogP contribution in [0.5, 0.6) is 0 Å². The molecular weight excluding hydrogens is 328 g/mol. The van der Waals surface area contributed by atoms with Crippen LogP contribution in [0.15, 0.2) is 42.5 Å². The summed E-state index contributed by atoms with van der Waals surface area (Å²) in [5.41, 5.74) is 0.883. The molecular formula is C16H20N4O3S. The number of anilines is 2. The molecule has 0 bridgehead atoms. The minimum atomic E-state index is -2.99. The number of rotatable bonds is 7. The first-order valence-corrected chi connectivity index (χ1v) is 9.54. The zero-order valence-corrected chi connectivity index (χ0v) is 14.4. The summed E-state index contributed by atoms with van der Waals surface area (Å²) >= 11 is 0. The van der Waals surface area contributed by atoms with Crippen molar-refractivity contribution in [3.8, 4) is 0 Å². The number of amides is 1. The zero-order chi connectivity index (χ0) is 17.6. The lowest BCUT2D eigenvalue weighted by Gasteiger charge is -2.13. The van der Waals surface area contributed by atoms with Crippen LogP contribution in [0, 0.1) is 0 Å². The molecule has 0 spiro atoms. The first-order chi connectivity index (χ1) is 11.3. The molecule has 0 aliphatic heterocycles. The highest BCUT2D eigenvalue weighted by atomic mass is 32.2. The van der Waals surface area contributed by atoms with Crippen molar-refractivity contribution in [3.63, 3.8) is 0 Å². The van der Waals surface area contributed by atoms with Crippen LogP contribution >= 0.6 is 0 Å². The molecule has 2 rings (SSSR count). The molecule has 128 valence electrons. The van der Waals surface area contributed by atoms with Gasteiger partial charge in [-0.15, -0.1) is 10.2 Å². The Balaban J connectivity index is 1.91. The van der Waals surface area contributed by atoms with Crippen molar-refractivity contribution < 1.29 is 13.2 Å². The van der Waals surface area contributed by atoms with E-state index in [0.29, 0.717) is 17.9 Å². The summed E-state index contributed by atoms with van der Waals surface area (Å²) in [5, 5.41) is 13.6. The van der Waals surface area contributed by atoms with Crippen molar-refractivity contribution in [2.75, 3.05) is 22.6 Å². The van der Waals surface area contributed by atoms with Gasteiger partial charge in [-0.25, -0.2) is 8.42 Å². The van der Waals surface area contributed by atoms with Crippen LogP contribution in [-0.2, 0) is 9.84 Å². The van der Waals surface area contributed by atoms with Crippen LogP contribution in [-0.4, -0.2) is 42.6 Å². The summed E-state index contributed by atoms with van der Waals surface area (Å²) in [6.45, 7) is 1.86. The number of hydrogen-bond acceptors (Lipinski definition) is 6. The number of carbonyl (C=O) groups excluding carboxylic acids is 1. The summed E-state index contributed by atoms with van der Waals surface area (Å²) in [7, 11) is -2.99. The lowest BCUT2D eigenvalue weighted by atomic mass is 10.2. The number of hydrogen-bond donors (Lipinski definition) is 2. The van der Waals surface area contributed by atoms with Gasteiger partial charge in [0, 0.05) is 18.0 Å². The van der Waals surface area contributed by atoms with E-state index in [1.165, 1.54) is 6.26 Å². The average molecular weight is 348 g/mol. The van der Waals surface area contributed by atoms with Gasteiger partial charge in [0.05, 0.1) is 5.75 Å². The average Bonchev–Trinajstić information content (AvgIpc) is 2.54. The molecule has 0 aliphatic carbocycles. The molecule has 0 aliphatic rings. The Morgan fingerprint density at radius 3 is 2.42 bits per heavy atom. The Morgan fingerprint density at radius 1 is 1.12 bits per heavy atom. The van der Waals surface area contributed by atoms with Crippen LogP contribution in [0.25, 0.3) is 0 Å². The van der Waals surface area contributed by atoms with Crippen LogP contribution in [0.4, 0.5) is 11.5 Å². The lowest BCUT2D eigenvalue weighted by Crippen LogP contribution is -2.21. The molecule has 0 saturated carbocycles. The molecule has 2 N–H and O–H groups in total. The van der Waals surface area contributed by atoms with Crippen molar-refractivity contribution in [3.05, 3.63) is 48.2 Å². The number of nitrogens with one attached hydrogen (secondary N) is 2. The predicted molar refractivity (Wildman–Crippen MR) is 93.8 cm³/mol. The number of nitrogens with zero attached hydrogens (tertiary/aromatic N) is 2. The molecule has 1 amide bonds. The van der Waals surface area contributed by atoms with Gasteiger partial charge in [-0.05, 0) is 37.6 Å². The second-order valence-corrected chi connectivity index (χ2v) is 7.85. The van der Waals surface area contributed by atoms with E-state index >= 15 is 0 Å². The monoisotopic (exact) mass is 348 g/mol. The largest absolute Gasteiger partial charge is 0.366 e. The molecule has 1 aromatic carbocycles. The zero-order valence-electron chi connectivity index (χ0n) is 13.6. The number of sulfone groups is 1. The molecule has 24 heavy (non-hydrogen) atoms. The van der Waals surface area contributed by atoms with Crippen LogP contribution in [0.1, 0.15) is 23.8 Å². The Morgan fingerprint density at radius 2 is 1.83 bits per heavy atom. The minimum absolute atomic E-state index is 0.0713. The van der Waals surface area contributed by atoms with E-state index in [9.17, 15) is 13.2 Å². The maximum Gasteiger partial charge on any atom is 0.276 e. The normalized spacial score (nSPS) is 12.4. The van der Waals surface area contributed by atoms with E-state index in [4.69, 9.17) is 0 Å². The summed E-state index contributed by atoms with van der Waals surface area (Å²) in [6.07, 6.45) is 1.68. The SMILES string of the molecule is CC(CCS(C)(=O)=O)Nc1ccc(C(=O)Nc2ccccc2)nn1. The van der Waals surface area contributed by atoms with Gasteiger partial charge in [-0.3, -0.25) is 4.79 Å². The topological polar surface area (TPSA) is 101 Å². The van der Waals surface area contributed by atoms with Gasteiger partial charge in [0.15, 0.2) is 5.69 Å². The molecule has 1 heterocycles. The third-order valence-corrected chi connectivity index (χ3v) is 4.22. The standard InChI is InChI=1S/C16H20N4O3S/c1-12(10-11-24(2,22)23)17-15-9-8-14(19-20-15)16(21)18-13-6-4-3-5-7-13/h3-9,12H,10-11H2,1-2H3,(H,17,20)(H,18,21). The summed E-state index contributed by atoms with van der Waals surface area (Å²) in [5.74, 6) is 0.254. The maximum atomic E-state index is 12.1. The highest BCUT2D eigenvalue weighted by molar-refractivity contribution is 7.90. The first-order valence-electron chi connectivity index (χ1n) is 7.48. The third kappa shape index (κ3) is 5.96. The summed E-state index contributed by atoms with van der Waals surface area (Å²) in [6, 6.07) is 12.2. The van der Waals surface area contributed by atoms with Gasteiger partial charge < -0.3 is 10.6 Å². The van der Waals surface area contributed by atoms with Gasteiger partial charge >= 0.3 is 0 Å². The third-order valence-electron chi connectivity index (χ3n) is 3.24. The molecule has 1 aromatic heterocycles. The van der Waals surface area contributed by atoms with E-state index in [1.807, 2.05) is 25.1 Å². The van der Waals surface area contributed by atoms with E-state index in [2.05, 4.69) is 20.8 Å². The second kappa shape index (κ2) is 7.87. The summed E-state index contributed by atoms with van der Waals surface area (Å²) in [4.78, 5) is 12.1. The Bertz CT molecular complexity index is 777. The second-order valence-electron chi connectivity index (χ2n) is 5.59. The fourth-order valence-electron chi connectivity index (χ4n) is 1.96. The van der Waals surface area contributed by atoms with Gasteiger partial charge in [0.2, 0.25) is 0 Å². The van der Waals surface area contributed by atoms with Crippen LogP contribution in [0.2, 0.25) is 0 Å². The highest BCUT2D eigenvalue weighted by Gasteiger charge is 2.11. The quantitative estimate of drug-likeness (QED) is 0.793. The van der Waals surface area contributed by atoms with Gasteiger partial charge in [-0.1, -0.05) is 18.2 Å². The predicted octanol–water partition coefficient (Wildman–Crippen LogP) is 1.96. The Hall–Kier alpha value is -2.48. The van der Waals surface area contributed by atoms with Crippen LogP contribution < -0.4 is 10.6 Å². The highest BCUT2D eigenvalue weighted by Crippen LogP contribution is 2.10. The number of aromatic nitrogens is 2. The molecule has 1 atom stereocenters. The first kappa shape index (κ1) is 17.9. The van der Waals surface area contributed by atoms with Gasteiger partial charge in [0.25, 0.3) is 5.91 Å². The molecule has 0 fully saturated rings.